The predicted molar refractivity (Wildman–Crippen MR) is 68.7 cm³/mol. The number of hydrogen-bond acceptors (Lipinski definition) is 3. The summed E-state index contributed by atoms with van der Waals surface area (Å²) in [6.45, 7) is 5.46. The molecule has 0 saturated carbocycles. The zero-order chi connectivity index (χ0) is 11.5. The molecule has 0 aromatic carbocycles. The summed E-state index contributed by atoms with van der Waals surface area (Å²) in [6.07, 6.45) is 7.00. The molecule has 1 fully saturated rings. The standard InChI is InChI=1S/C13H21N3/c1-10-8-13(15-9-12(10)14)16-7-5-3-4-6-11(16)2/h8-9,11H,3-7,14H2,1-2H3. The van der Waals surface area contributed by atoms with Gasteiger partial charge in [0.05, 0.1) is 11.9 Å². The molecule has 16 heavy (non-hydrogen) atoms. The molecule has 3 heteroatoms. The Labute approximate surface area is 97.7 Å². The number of nitrogens with zero attached hydrogens (tertiary/aromatic N) is 2. The van der Waals surface area contributed by atoms with Crippen LogP contribution in [-0.4, -0.2) is 17.6 Å². The fourth-order valence-corrected chi connectivity index (χ4v) is 2.32. The highest BCUT2D eigenvalue weighted by Crippen LogP contribution is 2.24. The lowest BCUT2D eigenvalue weighted by Gasteiger charge is -2.28. The van der Waals surface area contributed by atoms with Crippen molar-refractivity contribution in [1.29, 1.82) is 0 Å². The van der Waals surface area contributed by atoms with Gasteiger partial charge in [-0.25, -0.2) is 4.98 Å². The Morgan fingerprint density at radius 1 is 1.38 bits per heavy atom. The molecule has 0 spiro atoms. The van der Waals surface area contributed by atoms with E-state index in [2.05, 4.69) is 22.9 Å². The molecule has 2 rings (SSSR count). The molecule has 1 aromatic heterocycles. The van der Waals surface area contributed by atoms with Gasteiger partial charge in [0, 0.05) is 12.6 Å². The van der Waals surface area contributed by atoms with E-state index in [1.165, 1.54) is 25.7 Å². The maximum Gasteiger partial charge on any atom is 0.129 e. The van der Waals surface area contributed by atoms with E-state index in [-0.39, 0.29) is 0 Å². The topological polar surface area (TPSA) is 42.2 Å². The van der Waals surface area contributed by atoms with Crippen molar-refractivity contribution in [3.8, 4) is 0 Å². The maximum atomic E-state index is 5.80. The minimum Gasteiger partial charge on any atom is -0.397 e. The number of nitrogen functional groups attached to an aromatic ring is 1. The van der Waals surface area contributed by atoms with Crippen molar-refractivity contribution >= 4 is 11.5 Å². The van der Waals surface area contributed by atoms with E-state index in [9.17, 15) is 0 Å². The Hall–Kier alpha value is -1.25. The van der Waals surface area contributed by atoms with Crippen molar-refractivity contribution in [3.05, 3.63) is 17.8 Å². The largest absolute Gasteiger partial charge is 0.397 e. The van der Waals surface area contributed by atoms with Gasteiger partial charge in [-0.1, -0.05) is 12.8 Å². The first-order valence-electron chi connectivity index (χ1n) is 6.17. The van der Waals surface area contributed by atoms with Crippen molar-refractivity contribution in [2.24, 2.45) is 0 Å². The Balaban J connectivity index is 2.23. The molecule has 2 heterocycles. The van der Waals surface area contributed by atoms with E-state index >= 15 is 0 Å². The molecule has 0 bridgehead atoms. The van der Waals surface area contributed by atoms with Crippen molar-refractivity contribution in [1.82, 2.24) is 4.98 Å². The number of anilines is 2. The minimum absolute atomic E-state index is 0.595. The number of rotatable bonds is 1. The van der Waals surface area contributed by atoms with Gasteiger partial charge in [-0.15, -0.1) is 0 Å². The first kappa shape index (κ1) is 11.2. The van der Waals surface area contributed by atoms with Gasteiger partial charge >= 0.3 is 0 Å². The van der Waals surface area contributed by atoms with Gasteiger partial charge in [0.25, 0.3) is 0 Å². The van der Waals surface area contributed by atoms with Crippen LogP contribution in [0.25, 0.3) is 0 Å². The van der Waals surface area contributed by atoms with Gasteiger partial charge in [0.1, 0.15) is 5.82 Å². The van der Waals surface area contributed by atoms with Crippen LogP contribution < -0.4 is 10.6 Å². The van der Waals surface area contributed by atoms with Crippen LogP contribution in [-0.2, 0) is 0 Å². The first-order chi connectivity index (χ1) is 7.68. The third-order valence-electron chi connectivity index (χ3n) is 3.48. The molecule has 1 aliphatic rings. The van der Waals surface area contributed by atoms with Crippen LogP contribution in [0.5, 0.6) is 0 Å². The van der Waals surface area contributed by atoms with E-state index in [4.69, 9.17) is 5.73 Å². The van der Waals surface area contributed by atoms with Crippen molar-refractivity contribution in [2.75, 3.05) is 17.2 Å². The lowest BCUT2D eigenvalue weighted by molar-refractivity contribution is 0.611. The van der Waals surface area contributed by atoms with E-state index in [1.54, 1.807) is 6.20 Å². The van der Waals surface area contributed by atoms with Gasteiger partial charge in [-0.3, -0.25) is 0 Å². The van der Waals surface area contributed by atoms with Gasteiger partial charge < -0.3 is 10.6 Å². The highest BCUT2D eigenvalue weighted by molar-refractivity contribution is 5.52. The monoisotopic (exact) mass is 219 g/mol. The van der Waals surface area contributed by atoms with E-state index in [0.717, 1.165) is 23.6 Å². The molecule has 1 aromatic rings. The maximum absolute atomic E-state index is 5.80. The van der Waals surface area contributed by atoms with E-state index < -0.39 is 0 Å². The van der Waals surface area contributed by atoms with Crippen molar-refractivity contribution < 1.29 is 0 Å². The summed E-state index contributed by atoms with van der Waals surface area (Å²) in [4.78, 5) is 6.87. The molecule has 0 amide bonds. The molecular weight excluding hydrogens is 198 g/mol. The zero-order valence-electron chi connectivity index (χ0n) is 10.2. The molecule has 0 aliphatic carbocycles. The minimum atomic E-state index is 0.595. The van der Waals surface area contributed by atoms with Crippen LogP contribution in [0.15, 0.2) is 12.3 Å². The average Bonchev–Trinajstić information content (AvgIpc) is 2.47. The lowest BCUT2D eigenvalue weighted by atomic mass is 10.1. The van der Waals surface area contributed by atoms with Crippen molar-refractivity contribution in [2.45, 2.75) is 45.6 Å². The van der Waals surface area contributed by atoms with Crippen LogP contribution in [0, 0.1) is 6.92 Å². The van der Waals surface area contributed by atoms with Gasteiger partial charge in [-0.05, 0) is 38.3 Å². The van der Waals surface area contributed by atoms with Gasteiger partial charge in [0.15, 0.2) is 0 Å². The molecule has 1 saturated heterocycles. The molecule has 0 radical (unpaired) electrons. The summed E-state index contributed by atoms with van der Waals surface area (Å²) in [7, 11) is 0. The van der Waals surface area contributed by atoms with Crippen LogP contribution in [0.3, 0.4) is 0 Å². The normalized spacial score (nSPS) is 21.9. The number of hydrogen-bond donors (Lipinski definition) is 1. The highest BCUT2D eigenvalue weighted by atomic mass is 15.2. The summed E-state index contributed by atoms with van der Waals surface area (Å²) in [5.41, 5.74) is 7.71. The van der Waals surface area contributed by atoms with Crippen LogP contribution in [0.2, 0.25) is 0 Å². The summed E-state index contributed by atoms with van der Waals surface area (Å²) in [5.74, 6) is 1.08. The summed E-state index contributed by atoms with van der Waals surface area (Å²) >= 11 is 0. The second kappa shape index (κ2) is 4.73. The number of nitrogens with two attached hydrogens (primary N) is 1. The number of aromatic nitrogens is 1. The van der Waals surface area contributed by atoms with Gasteiger partial charge in [-0.2, -0.15) is 0 Å². The molecular formula is C13H21N3. The Bertz CT molecular complexity index is 362. The molecule has 1 aliphatic heterocycles. The second-order valence-electron chi connectivity index (χ2n) is 4.79. The Morgan fingerprint density at radius 3 is 2.94 bits per heavy atom. The van der Waals surface area contributed by atoms with Crippen LogP contribution >= 0.6 is 0 Å². The Kier molecular flexibility index (Phi) is 3.32. The predicted octanol–water partition coefficient (Wildman–Crippen LogP) is 2.74. The van der Waals surface area contributed by atoms with Crippen LogP contribution in [0.4, 0.5) is 11.5 Å². The SMILES string of the molecule is Cc1cc(N2CCCCCC2C)ncc1N. The second-order valence-corrected chi connectivity index (χ2v) is 4.79. The fraction of sp³-hybridized carbons (Fsp3) is 0.615. The third kappa shape index (κ3) is 2.29. The van der Waals surface area contributed by atoms with Crippen LogP contribution in [0.1, 0.15) is 38.2 Å². The lowest BCUT2D eigenvalue weighted by Crippen LogP contribution is -2.33. The highest BCUT2D eigenvalue weighted by Gasteiger charge is 2.18. The van der Waals surface area contributed by atoms with E-state index in [0.29, 0.717) is 6.04 Å². The molecule has 3 nitrogen and oxygen atoms in total. The quantitative estimate of drug-likeness (QED) is 0.789. The molecule has 2 N–H and O–H groups in total. The van der Waals surface area contributed by atoms with Gasteiger partial charge in [0.2, 0.25) is 0 Å². The van der Waals surface area contributed by atoms with Crippen molar-refractivity contribution in [3.63, 3.8) is 0 Å². The average molecular weight is 219 g/mol. The molecule has 1 unspecified atom stereocenters. The Morgan fingerprint density at radius 2 is 2.19 bits per heavy atom. The first-order valence-corrected chi connectivity index (χ1v) is 6.17. The smallest absolute Gasteiger partial charge is 0.129 e. The fourth-order valence-electron chi connectivity index (χ4n) is 2.32. The summed E-state index contributed by atoms with van der Waals surface area (Å²) in [6, 6.07) is 2.70. The zero-order valence-corrected chi connectivity index (χ0v) is 10.2. The number of pyridine rings is 1. The number of aryl methyl sites for hydroxylation is 1. The molecule has 88 valence electrons. The molecule has 1 atom stereocenters. The third-order valence-corrected chi connectivity index (χ3v) is 3.48. The van der Waals surface area contributed by atoms with E-state index in [1.807, 2.05) is 6.92 Å². The summed E-state index contributed by atoms with van der Waals surface area (Å²) < 4.78 is 0. The summed E-state index contributed by atoms with van der Waals surface area (Å²) in [5, 5.41) is 0.